The molecule has 0 saturated carbocycles. The molecule has 2 aliphatic rings. The van der Waals surface area contributed by atoms with Crippen LogP contribution >= 0.6 is 0 Å². The second-order valence-electron chi connectivity index (χ2n) is 8.76. The fourth-order valence-electron chi connectivity index (χ4n) is 4.29. The Kier molecular flexibility index (Phi) is 15.2. The predicted molar refractivity (Wildman–Crippen MR) is 114 cm³/mol. The van der Waals surface area contributed by atoms with E-state index in [0.29, 0.717) is 0 Å². The third kappa shape index (κ3) is 9.29. The summed E-state index contributed by atoms with van der Waals surface area (Å²) in [6.07, 6.45) is -13.2. The van der Waals surface area contributed by atoms with Gasteiger partial charge in [-0.05, 0) is 18.8 Å². The fourth-order valence-corrected chi connectivity index (χ4v) is 4.79. The van der Waals surface area contributed by atoms with E-state index in [0.717, 1.165) is 25.7 Å². The van der Waals surface area contributed by atoms with Gasteiger partial charge in [0, 0.05) is 0 Å². The van der Waals surface area contributed by atoms with Crippen molar-refractivity contribution in [2.24, 2.45) is 5.92 Å². The predicted octanol–water partition coefficient (Wildman–Crippen LogP) is -5.67. The summed E-state index contributed by atoms with van der Waals surface area (Å²) >= 11 is 0. The van der Waals surface area contributed by atoms with E-state index in [4.69, 9.17) is 18.9 Å². The van der Waals surface area contributed by atoms with Gasteiger partial charge in [0.25, 0.3) is 0 Å². The van der Waals surface area contributed by atoms with Crippen molar-refractivity contribution in [3.63, 3.8) is 0 Å². The molecule has 0 unspecified atom stereocenters. The number of aliphatic hydroxyl groups excluding tert-OH is 6. The van der Waals surface area contributed by atoms with Crippen molar-refractivity contribution >= 4 is 10.4 Å². The first-order chi connectivity index (χ1) is 16.5. The molecule has 0 amide bonds. The molecule has 16 heteroatoms. The molecule has 14 nitrogen and oxygen atoms in total. The molecule has 0 aromatic heterocycles. The number of hydrogen-bond acceptors (Lipinski definition) is 14. The molecule has 2 heterocycles. The molecule has 0 aromatic carbocycles. The van der Waals surface area contributed by atoms with Crippen LogP contribution in [0.5, 0.6) is 0 Å². The number of rotatable bonds is 13. The Labute approximate surface area is 232 Å². The van der Waals surface area contributed by atoms with E-state index in [-0.39, 0.29) is 42.1 Å². The van der Waals surface area contributed by atoms with E-state index >= 15 is 0 Å². The zero-order valence-corrected chi connectivity index (χ0v) is 23.5. The van der Waals surface area contributed by atoms with Crippen molar-refractivity contribution in [2.45, 2.75) is 101 Å². The van der Waals surface area contributed by atoms with Crippen molar-refractivity contribution in [1.82, 2.24) is 0 Å². The van der Waals surface area contributed by atoms with Crippen molar-refractivity contribution in [3.05, 3.63) is 0 Å². The quantitative estimate of drug-likeness (QED) is 0.0707. The van der Waals surface area contributed by atoms with Gasteiger partial charge >= 0.3 is 29.6 Å². The van der Waals surface area contributed by atoms with Crippen LogP contribution in [0.2, 0.25) is 0 Å². The Morgan fingerprint density at radius 2 is 1.39 bits per heavy atom. The summed E-state index contributed by atoms with van der Waals surface area (Å²) in [7, 11) is -5.38. The maximum Gasteiger partial charge on any atom is 1.00 e. The van der Waals surface area contributed by atoms with Gasteiger partial charge in [-0.2, -0.15) is 0 Å². The summed E-state index contributed by atoms with van der Waals surface area (Å²) in [5.74, 6) is 0.210. The van der Waals surface area contributed by atoms with Gasteiger partial charge in [-0.25, -0.2) is 8.42 Å². The minimum atomic E-state index is -5.38. The molecule has 10 atom stereocenters. The van der Waals surface area contributed by atoms with Crippen LogP contribution in [0.4, 0.5) is 0 Å². The Bertz CT molecular complexity index is 721. The smallest absolute Gasteiger partial charge is 0.726 e. The van der Waals surface area contributed by atoms with E-state index in [1.54, 1.807) is 0 Å². The topological polar surface area (TPSA) is 225 Å². The van der Waals surface area contributed by atoms with Crippen LogP contribution in [-0.4, -0.2) is 125 Å². The summed E-state index contributed by atoms with van der Waals surface area (Å²) in [6, 6.07) is 0. The van der Waals surface area contributed by atoms with Crippen LogP contribution in [-0.2, 0) is 33.5 Å². The summed E-state index contributed by atoms with van der Waals surface area (Å²) in [5, 5.41) is 60.9. The number of hydrogen-bond donors (Lipinski definition) is 6. The van der Waals surface area contributed by atoms with Crippen LogP contribution in [0.25, 0.3) is 0 Å². The van der Waals surface area contributed by atoms with E-state index in [1.165, 1.54) is 0 Å². The Balaban J connectivity index is 0.00000648. The fraction of sp³-hybridized carbons (Fsp3) is 1.00. The Morgan fingerprint density at radius 3 is 1.89 bits per heavy atom. The molecule has 2 saturated heterocycles. The Morgan fingerprint density at radius 1 is 0.833 bits per heavy atom. The first kappa shape index (κ1) is 34.5. The summed E-state index contributed by atoms with van der Waals surface area (Å²) in [5.41, 5.74) is 0. The van der Waals surface area contributed by atoms with Gasteiger partial charge < -0.3 is 54.1 Å². The monoisotopic (exact) mass is 556 g/mol. The zero-order valence-electron chi connectivity index (χ0n) is 20.7. The minimum Gasteiger partial charge on any atom is -0.726 e. The third-order valence-electron chi connectivity index (χ3n) is 6.05. The summed E-state index contributed by atoms with van der Waals surface area (Å²) in [6.45, 7) is 2.75. The van der Waals surface area contributed by atoms with E-state index in [2.05, 4.69) is 4.18 Å². The third-order valence-corrected chi connectivity index (χ3v) is 6.51. The van der Waals surface area contributed by atoms with Crippen LogP contribution in [0.15, 0.2) is 0 Å². The van der Waals surface area contributed by atoms with Gasteiger partial charge in [0.2, 0.25) is 10.4 Å². The second kappa shape index (κ2) is 15.9. The molecule has 0 radical (unpaired) electrons. The first-order valence-corrected chi connectivity index (χ1v) is 13.0. The molecule has 2 rings (SSSR count). The SMILES string of the molecule is CCCC(CCC)CO[C@@H]1O[C@H](CO)[C@@H](O[C@@H]2O[C@H](CO)[C@H](O)[C@H](OS(=O)(=O)[O-])[C@H]2O)[C@H](O)[C@H]1O.[Na+]. The van der Waals surface area contributed by atoms with Crippen LogP contribution in [0.1, 0.15) is 39.5 Å². The molecule has 6 N–H and O–H groups in total. The van der Waals surface area contributed by atoms with E-state index in [1.807, 2.05) is 13.8 Å². The Hall–Kier alpha value is 0.470. The molecule has 0 bridgehead atoms. The molecule has 2 aliphatic heterocycles. The normalized spacial score (nSPS) is 37.6. The molecule has 36 heavy (non-hydrogen) atoms. The average molecular weight is 557 g/mol. The zero-order chi connectivity index (χ0) is 26.3. The molecule has 0 spiro atoms. The molecule has 208 valence electrons. The molecular formula is C20H37NaO14S. The molecule has 2 fully saturated rings. The van der Waals surface area contributed by atoms with E-state index < -0.39 is 85.0 Å². The van der Waals surface area contributed by atoms with Crippen molar-refractivity contribution in [3.8, 4) is 0 Å². The van der Waals surface area contributed by atoms with Crippen molar-refractivity contribution < 1.29 is 96.3 Å². The van der Waals surface area contributed by atoms with Crippen LogP contribution in [0.3, 0.4) is 0 Å². The summed E-state index contributed by atoms with van der Waals surface area (Å²) < 4.78 is 59.2. The van der Waals surface area contributed by atoms with Gasteiger partial charge in [0.05, 0.1) is 19.8 Å². The van der Waals surface area contributed by atoms with Gasteiger partial charge in [-0.15, -0.1) is 0 Å². The van der Waals surface area contributed by atoms with E-state index in [9.17, 15) is 43.6 Å². The van der Waals surface area contributed by atoms with Crippen molar-refractivity contribution in [2.75, 3.05) is 19.8 Å². The minimum absolute atomic E-state index is 0. The molecular weight excluding hydrogens is 519 g/mol. The number of ether oxygens (including phenoxy) is 4. The maximum atomic E-state index is 11.0. The number of aliphatic hydroxyl groups is 6. The summed E-state index contributed by atoms with van der Waals surface area (Å²) in [4.78, 5) is 0. The second-order valence-corrected chi connectivity index (χ2v) is 9.77. The van der Waals surface area contributed by atoms with Crippen LogP contribution in [0, 0.1) is 5.92 Å². The first-order valence-electron chi connectivity index (χ1n) is 11.6. The molecule has 0 aromatic rings. The van der Waals surface area contributed by atoms with Crippen molar-refractivity contribution in [1.29, 1.82) is 0 Å². The largest absolute Gasteiger partial charge is 1.00 e. The van der Waals surface area contributed by atoms with Gasteiger partial charge in [0.15, 0.2) is 12.6 Å². The van der Waals surface area contributed by atoms with Gasteiger partial charge in [0.1, 0.15) is 48.8 Å². The molecule has 0 aliphatic carbocycles. The van der Waals surface area contributed by atoms with Gasteiger partial charge in [-0.1, -0.05) is 26.7 Å². The van der Waals surface area contributed by atoms with Crippen LogP contribution < -0.4 is 29.6 Å². The average Bonchev–Trinajstić information content (AvgIpc) is 2.80. The van der Waals surface area contributed by atoms with Gasteiger partial charge in [-0.3, -0.25) is 4.18 Å². The maximum absolute atomic E-state index is 11.0. The standard InChI is InChI=1S/C20H38O14S.Na/c1-3-5-10(6-4-2)9-30-19-15(25)14(24)17(12(8-22)32-19)33-20-16(26)18(34-35(27,28)29)13(23)11(7-21)31-20;/h10-26H,3-9H2,1-2H3,(H,27,28,29);/q;+1/p-1/t11-,12-,13+,14-,15-,16-,17-,18+,19-,20+;/m1./s1.